The van der Waals surface area contributed by atoms with Gasteiger partial charge in [-0.05, 0) is 0 Å². The third-order valence-corrected chi connectivity index (χ3v) is 0. The van der Waals surface area contributed by atoms with E-state index in [1.165, 1.54) is 0 Å². The molecule has 0 aliphatic rings. The van der Waals surface area contributed by atoms with Crippen molar-refractivity contribution in [1.82, 2.24) is 0 Å². The van der Waals surface area contributed by atoms with Crippen LogP contribution in [0.25, 0.3) is 0 Å². The Bertz CT molecular complexity index is 8.00. The Morgan fingerprint density at radius 3 is 1.25 bits per heavy atom. The molecule has 0 heterocycles. The molecule has 0 fully saturated rings. The molecule has 4 heavy (non-hydrogen) atoms. The Kier molecular flexibility index (Phi) is 121. The molecule has 0 aromatic carbocycles. The van der Waals surface area contributed by atoms with E-state index < -0.39 is 0 Å². The van der Waals surface area contributed by atoms with Crippen LogP contribution >= 0.6 is 0 Å². The quantitative estimate of drug-likeness (QED) is 0.399. The van der Waals surface area contributed by atoms with Gasteiger partial charge in [0, 0.05) is 17.1 Å². The molecule has 27 valence electrons. The number of hydrogen-bond acceptors (Lipinski definition) is 1. The second-order valence-corrected chi connectivity index (χ2v) is 0. The molecule has 0 unspecified atom stereocenters. The molecule has 0 aliphatic carbocycles. The van der Waals surface area contributed by atoms with Gasteiger partial charge in [-0.2, -0.15) is 0 Å². The Morgan fingerprint density at radius 2 is 1.25 bits per heavy atom. The SMILES string of the molecule is [AlH3].[Mn].[O]=[Fe]. The van der Waals surface area contributed by atoms with Crippen molar-refractivity contribution in [3.63, 3.8) is 0 Å². The third-order valence-electron chi connectivity index (χ3n) is 0. The van der Waals surface area contributed by atoms with Crippen LogP contribution < -0.4 is 0 Å². The van der Waals surface area contributed by atoms with Crippen LogP contribution in [0.15, 0.2) is 0 Å². The van der Waals surface area contributed by atoms with E-state index in [0.29, 0.717) is 0 Å². The fourth-order valence-corrected chi connectivity index (χ4v) is 0. The number of hydrogen-bond donors (Lipinski definition) is 0. The van der Waals surface area contributed by atoms with Gasteiger partial charge in [0.1, 0.15) is 0 Å². The van der Waals surface area contributed by atoms with Crippen molar-refractivity contribution in [3.05, 3.63) is 0 Å². The summed E-state index contributed by atoms with van der Waals surface area (Å²) in [6, 6.07) is 0. The van der Waals surface area contributed by atoms with Crippen LogP contribution in [0.3, 0.4) is 0 Å². The maximum atomic E-state index is 8.00. The van der Waals surface area contributed by atoms with Crippen LogP contribution in [0.1, 0.15) is 0 Å². The van der Waals surface area contributed by atoms with Crippen molar-refractivity contribution < 1.29 is 36.8 Å². The first-order valence-electron chi connectivity index (χ1n) is 0.144. The maximum absolute atomic E-state index is 8.00. The third kappa shape index (κ3) is 10.1. The van der Waals surface area contributed by atoms with Gasteiger partial charge >= 0.3 is 19.8 Å². The molecule has 0 saturated heterocycles. The van der Waals surface area contributed by atoms with Crippen LogP contribution in [-0.4, -0.2) is 17.4 Å². The topological polar surface area (TPSA) is 17.1 Å². The van der Waals surface area contributed by atoms with E-state index in [9.17, 15) is 0 Å². The molecule has 0 bridgehead atoms. The van der Waals surface area contributed by atoms with Crippen LogP contribution in [0.4, 0.5) is 0 Å². The van der Waals surface area contributed by atoms with Gasteiger partial charge in [-0.1, -0.05) is 0 Å². The van der Waals surface area contributed by atoms with Crippen LogP contribution in [0.5, 0.6) is 0 Å². The molecule has 0 atom stereocenters. The molecular formula is H3AlFeMnO. The summed E-state index contributed by atoms with van der Waals surface area (Å²) < 4.78 is 8.00. The van der Waals surface area contributed by atoms with E-state index in [-0.39, 0.29) is 34.4 Å². The molecule has 0 aromatic rings. The van der Waals surface area contributed by atoms with Gasteiger partial charge in [0.25, 0.3) is 0 Å². The molecule has 0 spiro atoms. The Morgan fingerprint density at radius 1 is 1.25 bits per heavy atom. The average molecular weight is 157 g/mol. The van der Waals surface area contributed by atoms with E-state index in [0.717, 1.165) is 0 Å². The summed E-state index contributed by atoms with van der Waals surface area (Å²) in [5, 5.41) is 0. The summed E-state index contributed by atoms with van der Waals surface area (Å²) in [6.45, 7) is 0. The molecular weight excluding hydrogens is 154 g/mol. The van der Waals surface area contributed by atoms with E-state index in [2.05, 4.69) is 0 Å². The van der Waals surface area contributed by atoms with Crippen molar-refractivity contribution in [2.75, 3.05) is 0 Å². The van der Waals surface area contributed by atoms with Crippen molar-refractivity contribution in [2.24, 2.45) is 0 Å². The van der Waals surface area contributed by atoms with Gasteiger partial charge in [-0.15, -0.1) is 0 Å². The Balaban J connectivity index is -0.00000000500. The summed E-state index contributed by atoms with van der Waals surface area (Å²) >= 11 is 2.00. The van der Waals surface area contributed by atoms with Crippen LogP contribution in [0, 0.1) is 0 Å². The fraction of sp³-hybridized carbons (Fsp3) is 0. The zero-order valence-corrected chi connectivity index (χ0v) is 3.42. The first kappa shape index (κ1) is 18.3. The molecule has 4 heteroatoms. The molecule has 0 amide bonds. The van der Waals surface area contributed by atoms with Gasteiger partial charge in [0.2, 0.25) is 0 Å². The van der Waals surface area contributed by atoms with E-state index in [1.54, 1.807) is 0 Å². The first-order chi connectivity index (χ1) is 1.00. The molecule has 1 radical (unpaired) electrons. The van der Waals surface area contributed by atoms with Crippen LogP contribution in [-0.2, 0) is 36.8 Å². The molecule has 1 nitrogen and oxygen atoms in total. The summed E-state index contributed by atoms with van der Waals surface area (Å²) in [5.74, 6) is 0. The minimum absolute atomic E-state index is 0. The molecule has 0 aromatic heterocycles. The van der Waals surface area contributed by atoms with Gasteiger partial charge in [0.15, 0.2) is 17.4 Å². The van der Waals surface area contributed by atoms with Gasteiger partial charge in [-0.25, -0.2) is 0 Å². The van der Waals surface area contributed by atoms with E-state index in [1.807, 2.05) is 15.9 Å². The monoisotopic (exact) mass is 157 g/mol. The standard InChI is InChI=1S/Al.Fe.Mn.O.3H. The second-order valence-electron chi connectivity index (χ2n) is 0. The fourth-order valence-electron chi connectivity index (χ4n) is 0. The van der Waals surface area contributed by atoms with Crippen molar-refractivity contribution in [2.45, 2.75) is 0 Å². The first-order valence-corrected chi connectivity index (χ1v) is 0.595. The van der Waals surface area contributed by atoms with Gasteiger partial charge in [0.05, 0.1) is 0 Å². The van der Waals surface area contributed by atoms with Crippen molar-refractivity contribution >= 4 is 17.4 Å². The van der Waals surface area contributed by atoms with Gasteiger partial charge in [-0.3, -0.25) is 0 Å². The van der Waals surface area contributed by atoms with E-state index in [4.69, 9.17) is 3.83 Å². The van der Waals surface area contributed by atoms with Crippen molar-refractivity contribution in [1.29, 1.82) is 0 Å². The zero-order valence-electron chi connectivity index (χ0n) is 1.14. The Hall–Kier alpha value is 1.37. The molecule has 0 saturated carbocycles. The van der Waals surface area contributed by atoms with Crippen LogP contribution in [0.2, 0.25) is 0 Å². The zero-order chi connectivity index (χ0) is 2.00. The summed E-state index contributed by atoms with van der Waals surface area (Å²) in [5.41, 5.74) is 0. The normalized spacial score (nSPS) is 1.25. The number of rotatable bonds is 0. The predicted molar refractivity (Wildman–Crippen MR) is 10.6 cm³/mol. The average Bonchev–Trinajstić information content (AvgIpc) is 1.00. The summed E-state index contributed by atoms with van der Waals surface area (Å²) in [6.07, 6.45) is 0. The van der Waals surface area contributed by atoms with E-state index >= 15 is 0 Å². The predicted octanol–water partition coefficient (Wildman–Crippen LogP) is -1.31. The Labute approximate surface area is 54.1 Å². The van der Waals surface area contributed by atoms with Crippen molar-refractivity contribution in [3.8, 4) is 0 Å². The second kappa shape index (κ2) is 26.4. The summed E-state index contributed by atoms with van der Waals surface area (Å²) in [4.78, 5) is 0. The molecule has 0 N–H and O–H groups in total. The van der Waals surface area contributed by atoms with Gasteiger partial charge < -0.3 is 0 Å². The summed E-state index contributed by atoms with van der Waals surface area (Å²) in [7, 11) is 0. The molecule has 0 aliphatic heterocycles. The molecule has 0 rings (SSSR count). The minimum atomic E-state index is 0.